The Morgan fingerprint density at radius 1 is 1.46 bits per heavy atom. The zero-order valence-electron chi connectivity index (χ0n) is 7.05. The zero-order chi connectivity index (χ0) is 10.7. The Labute approximate surface area is 76.7 Å². The van der Waals surface area contributed by atoms with E-state index in [0.29, 0.717) is 5.20 Å². The summed E-state index contributed by atoms with van der Waals surface area (Å²) >= 11 is 0. The van der Waals surface area contributed by atoms with Crippen LogP contribution in [0.15, 0.2) is 11.3 Å². The van der Waals surface area contributed by atoms with Gasteiger partial charge in [0.05, 0.1) is 0 Å². The van der Waals surface area contributed by atoms with Crippen molar-refractivity contribution in [2.45, 2.75) is 19.4 Å². The third-order valence-electron chi connectivity index (χ3n) is 1.22. The van der Waals surface area contributed by atoms with E-state index in [0.717, 1.165) is 0 Å². The fourth-order valence-electron chi connectivity index (χ4n) is 0.321. The maximum Gasteiger partial charge on any atom is 0.522 e. The monoisotopic (exact) mass is 234 g/mol. The Kier molecular flexibility index (Phi) is 4.13. The minimum Gasteiger partial charge on any atom is -0.311 e. The molecule has 0 rings (SSSR count). The van der Waals surface area contributed by atoms with Gasteiger partial charge in [-0.2, -0.15) is 21.6 Å². The number of allylic oxidation sites excluding steroid dienone is 2. The van der Waals surface area contributed by atoms with Gasteiger partial charge in [0, 0.05) is 0 Å². The average Bonchev–Trinajstić information content (AvgIpc) is 1.98. The van der Waals surface area contributed by atoms with Gasteiger partial charge in [0.1, 0.15) is 0 Å². The van der Waals surface area contributed by atoms with Crippen molar-refractivity contribution in [1.29, 1.82) is 0 Å². The van der Waals surface area contributed by atoms with Crippen LogP contribution in [-0.2, 0) is 14.0 Å². The van der Waals surface area contributed by atoms with Crippen LogP contribution in [-0.4, -0.2) is 23.7 Å². The highest BCUT2D eigenvalue weighted by Crippen LogP contribution is 2.24. The van der Waals surface area contributed by atoms with E-state index in [9.17, 15) is 21.6 Å². The lowest BCUT2D eigenvalue weighted by molar-refractivity contribution is -0.0499. The van der Waals surface area contributed by atoms with Gasteiger partial charge in [-0.1, -0.05) is 11.3 Å². The zero-order valence-corrected chi connectivity index (χ0v) is 9.28. The first kappa shape index (κ1) is 12.7. The second kappa shape index (κ2) is 4.25. The molecule has 0 bridgehead atoms. The first-order valence-corrected chi connectivity index (χ1v) is 5.97. The predicted molar refractivity (Wildman–Crippen MR) is 44.0 cm³/mol. The van der Waals surface area contributed by atoms with Crippen molar-refractivity contribution in [1.82, 2.24) is 0 Å². The summed E-state index contributed by atoms with van der Waals surface area (Å²) in [6, 6.07) is 0. The summed E-state index contributed by atoms with van der Waals surface area (Å²) in [4.78, 5) is 0. The third-order valence-corrected chi connectivity index (χ3v) is 4.36. The second-order valence-corrected chi connectivity index (χ2v) is 6.02. The summed E-state index contributed by atoms with van der Waals surface area (Å²) in [5.74, 6) is 0. The Morgan fingerprint density at radius 2 is 1.92 bits per heavy atom. The van der Waals surface area contributed by atoms with E-state index in [2.05, 4.69) is 3.87 Å². The maximum absolute atomic E-state index is 11.7. The van der Waals surface area contributed by atoms with Gasteiger partial charge in [-0.05, 0) is 13.8 Å². The molecule has 0 N–H and O–H groups in total. The fourth-order valence-corrected chi connectivity index (χ4v) is 2.39. The highest BCUT2D eigenvalue weighted by Gasteiger charge is 2.46. The van der Waals surface area contributed by atoms with Crippen molar-refractivity contribution in [2.24, 2.45) is 0 Å². The molecule has 0 spiro atoms. The minimum absolute atomic E-state index is 0.549. The summed E-state index contributed by atoms with van der Waals surface area (Å²) in [5.41, 5.74) is -5.31. The molecule has 3 nitrogen and oxygen atoms in total. The van der Waals surface area contributed by atoms with Gasteiger partial charge in [0.15, 0.2) is 0 Å². The van der Waals surface area contributed by atoms with Crippen molar-refractivity contribution < 1.29 is 25.5 Å². The number of alkyl halides is 3. The van der Waals surface area contributed by atoms with Gasteiger partial charge in [-0.25, -0.2) is 0 Å². The molecule has 0 aromatic rings. The lowest BCUT2D eigenvalue weighted by Crippen LogP contribution is -2.27. The number of hydrogen-bond donors (Lipinski definition) is 0. The molecule has 0 radical (unpaired) electrons. The third kappa shape index (κ3) is 3.92. The van der Waals surface area contributed by atoms with Crippen LogP contribution < -0.4 is 0 Å². The molecular weight excluding hydrogens is 225 g/mol. The molecule has 0 aromatic heterocycles. The van der Waals surface area contributed by atoms with E-state index in [4.69, 9.17) is 0 Å². The van der Waals surface area contributed by atoms with Crippen LogP contribution in [0.1, 0.15) is 13.8 Å². The molecule has 0 saturated carbocycles. The van der Waals surface area contributed by atoms with Crippen LogP contribution in [0.2, 0.25) is 0 Å². The molecule has 0 aliphatic carbocycles. The van der Waals surface area contributed by atoms with E-state index < -0.39 is 25.4 Å². The molecule has 0 aliphatic heterocycles. The van der Waals surface area contributed by atoms with Crippen LogP contribution in [0.3, 0.4) is 0 Å². The number of halogens is 3. The quantitative estimate of drug-likeness (QED) is 0.537. The highest BCUT2D eigenvalue weighted by molar-refractivity contribution is 7.88. The molecular formula is C5H9F3O3SSi. The smallest absolute Gasteiger partial charge is 0.311 e. The lowest BCUT2D eigenvalue weighted by Gasteiger charge is -2.07. The molecule has 78 valence electrons. The largest absolute Gasteiger partial charge is 0.522 e. The lowest BCUT2D eigenvalue weighted by atomic mass is 10.6. The van der Waals surface area contributed by atoms with Gasteiger partial charge >= 0.3 is 15.6 Å². The van der Waals surface area contributed by atoms with Crippen LogP contribution in [0.4, 0.5) is 13.2 Å². The SMILES string of the molecule is CC=C(C)[SiH2]OS(=O)(=O)C(F)(F)F. The fraction of sp³-hybridized carbons (Fsp3) is 0.600. The highest BCUT2D eigenvalue weighted by atomic mass is 32.2. The van der Waals surface area contributed by atoms with Crippen LogP contribution in [0.5, 0.6) is 0 Å². The molecule has 0 heterocycles. The van der Waals surface area contributed by atoms with Gasteiger partial charge in [0.25, 0.3) is 0 Å². The summed E-state index contributed by atoms with van der Waals surface area (Å²) < 4.78 is 59.6. The van der Waals surface area contributed by atoms with Crippen molar-refractivity contribution in [2.75, 3.05) is 0 Å². The Hall–Kier alpha value is -0.343. The van der Waals surface area contributed by atoms with Gasteiger partial charge in [0.2, 0.25) is 9.76 Å². The van der Waals surface area contributed by atoms with Crippen molar-refractivity contribution in [3.05, 3.63) is 11.3 Å². The van der Waals surface area contributed by atoms with Crippen molar-refractivity contribution in [3.8, 4) is 0 Å². The van der Waals surface area contributed by atoms with Gasteiger partial charge in [-0.3, -0.25) is 0 Å². The molecule has 0 unspecified atom stereocenters. The molecule has 0 aromatic carbocycles. The second-order valence-electron chi connectivity index (χ2n) is 2.30. The van der Waals surface area contributed by atoms with E-state index in [1.807, 2.05) is 0 Å². The van der Waals surface area contributed by atoms with Gasteiger partial charge < -0.3 is 3.87 Å². The molecule has 0 amide bonds. The first-order valence-electron chi connectivity index (χ1n) is 3.28. The molecule has 0 aliphatic rings. The molecule has 0 saturated heterocycles. The Balaban J connectivity index is 4.39. The molecule has 13 heavy (non-hydrogen) atoms. The molecule has 8 heteroatoms. The Bertz CT molecular complexity index is 293. The van der Waals surface area contributed by atoms with Gasteiger partial charge in [-0.15, -0.1) is 0 Å². The van der Waals surface area contributed by atoms with Crippen molar-refractivity contribution in [3.63, 3.8) is 0 Å². The maximum atomic E-state index is 11.7. The summed E-state index contributed by atoms with van der Waals surface area (Å²) in [5, 5.41) is 0.549. The number of rotatable bonds is 3. The summed E-state index contributed by atoms with van der Waals surface area (Å²) in [6.07, 6.45) is 1.53. The van der Waals surface area contributed by atoms with E-state index in [1.165, 1.54) is 13.0 Å². The van der Waals surface area contributed by atoms with E-state index in [-0.39, 0.29) is 0 Å². The average molecular weight is 234 g/mol. The topological polar surface area (TPSA) is 43.4 Å². The van der Waals surface area contributed by atoms with Crippen LogP contribution in [0, 0.1) is 0 Å². The van der Waals surface area contributed by atoms with E-state index in [1.54, 1.807) is 6.92 Å². The first-order chi connectivity index (χ1) is 5.70. The van der Waals surface area contributed by atoms with Crippen LogP contribution >= 0.6 is 0 Å². The Morgan fingerprint density at radius 3 is 2.23 bits per heavy atom. The molecule has 0 atom stereocenters. The standard InChI is InChI=1S/C5H9F3O3SSi/c1-3-4(2)13-11-12(9,10)5(6,7)8/h3H,13H2,1-2H3. The molecule has 0 fully saturated rings. The minimum atomic E-state index is -5.38. The predicted octanol–water partition coefficient (Wildman–Crippen LogP) is 0.860. The number of hydrogen-bond acceptors (Lipinski definition) is 3. The van der Waals surface area contributed by atoms with Crippen LogP contribution in [0.25, 0.3) is 0 Å². The van der Waals surface area contributed by atoms with E-state index >= 15 is 0 Å². The normalized spacial score (nSPS) is 15.6. The van der Waals surface area contributed by atoms with Crippen molar-refractivity contribution >= 4 is 19.9 Å². The summed E-state index contributed by atoms with van der Waals surface area (Å²) in [6.45, 7) is 3.13. The summed E-state index contributed by atoms with van der Waals surface area (Å²) in [7, 11) is -7.18.